The Morgan fingerprint density at radius 2 is 1.89 bits per heavy atom. The van der Waals surface area contributed by atoms with Crippen LogP contribution < -0.4 is 10.2 Å². The van der Waals surface area contributed by atoms with E-state index in [0.29, 0.717) is 0 Å². The molecule has 96 valence electrons. The number of nitrogens with zero attached hydrogens (tertiary/aromatic N) is 2. The quantitative estimate of drug-likeness (QED) is 0.852. The molecule has 0 aromatic heterocycles. The zero-order chi connectivity index (χ0) is 12.2. The third-order valence-corrected chi connectivity index (χ3v) is 3.41. The van der Waals surface area contributed by atoms with Gasteiger partial charge in [0.05, 0.1) is 13.2 Å². The number of aliphatic imine (C=N–C) groups is 1. The zero-order valence-corrected chi connectivity index (χ0v) is 10.6. The van der Waals surface area contributed by atoms with Gasteiger partial charge in [-0.1, -0.05) is 0 Å². The Hall–Kier alpha value is -1.55. The largest absolute Gasteiger partial charge is 0.378 e. The van der Waals surface area contributed by atoms with Crippen LogP contribution in [0.5, 0.6) is 0 Å². The summed E-state index contributed by atoms with van der Waals surface area (Å²) in [5, 5.41) is 3.35. The van der Waals surface area contributed by atoms with Crippen LogP contribution in [0.2, 0.25) is 0 Å². The summed E-state index contributed by atoms with van der Waals surface area (Å²) in [6, 6.07) is 8.67. The molecule has 0 radical (unpaired) electrons. The second kappa shape index (κ2) is 5.40. The van der Waals surface area contributed by atoms with E-state index < -0.39 is 0 Å². The van der Waals surface area contributed by atoms with Gasteiger partial charge in [-0.25, -0.2) is 0 Å². The lowest BCUT2D eigenvalue weighted by Crippen LogP contribution is -2.36. The standard InChI is InChI=1S/C14H19N3O/c1-6-15-14(16-7-1)12-2-4-13(5-3-12)17-8-10-18-11-9-17/h2-5H,1,6-11H2,(H,15,16). The first-order chi connectivity index (χ1) is 8.93. The molecule has 1 aromatic carbocycles. The maximum atomic E-state index is 5.37. The molecule has 4 nitrogen and oxygen atoms in total. The first-order valence-corrected chi connectivity index (χ1v) is 6.65. The Labute approximate surface area is 108 Å². The van der Waals surface area contributed by atoms with Gasteiger partial charge in [0.15, 0.2) is 0 Å². The molecule has 1 fully saturated rings. The molecule has 3 rings (SSSR count). The Kier molecular flexibility index (Phi) is 3.46. The van der Waals surface area contributed by atoms with Crippen molar-refractivity contribution in [2.24, 2.45) is 4.99 Å². The Balaban J connectivity index is 1.73. The van der Waals surface area contributed by atoms with Crippen molar-refractivity contribution >= 4 is 11.5 Å². The lowest BCUT2D eigenvalue weighted by Gasteiger charge is -2.29. The summed E-state index contributed by atoms with van der Waals surface area (Å²) in [6.45, 7) is 5.60. The van der Waals surface area contributed by atoms with Gasteiger partial charge in [-0.05, 0) is 30.7 Å². The highest BCUT2D eigenvalue weighted by atomic mass is 16.5. The molecule has 1 N–H and O–H groups in total. The van der Waals surface area contributed by atoms with Crippen LogP contribution in [0.1, 0.15) is 12.0 Å². The lowest BCUT2D eigenvalue weighted by atomic mass is 10.1. The molecule has 1 saturated heterocycles. The molecule has 2 heterocycles. The highest BCUT2D eigenvalue weighted by Gasteiger charge is 2.12. The molecular formula is C14H19N3O. The van der Waals surface area contributed by atoms with E-state index in [1.807, 2.05) is 0 Å². The fourth-order valence-corrected chi connectivity index (χ4v) is 2.38. The van der Waals surface area contributed by atoms with Crippen LogP contribution in [-0.4, -0.2) is 45.2 Å². The van der Waals surface area contributed by atoms with Crippen LogP contribution in [0.4, 0.5) is 5.69 Å². The predicted octanol–water partition coefficient (Wildman–Crippen LogP) is 1.26. The van der Waals surface area contributed by atoms with Crippen LogP contribution in [0.3, 0.4) is 0 Å². The fourth-order valence-electron chi connectivity index (χ4n) is 2.38. The van der Waals surface area contributed by atoms with E-state index in [-0.39, 0.29) is 0 Å². The van der Waals surface area contributed by atoms with Gasteiger partial charge in [0.25, 0.3) is 0 Å². The maximum absolute atomic E-state index is 5.37. The van der Waals surface area contributed by atoms with Crippen LogP contribution >= 0.6 is 0 Å². The van der Waals surface area contributed by atoms with Crippen LogP contribution in [0.15, 0.2) is 29.3 Å². The number of amidine groups is 1. The minimum absolute atomic E-state index is 0.829. The van der Waals surface area contributed by atoms with Gasteiger partial charge in [-0.2, -0.15) is 0 Å². The Bertz CT molecular complexity index is 421. The van der Waals surface area contributed by atoms with E-state index in [9.17, 15) is 0 Å². The molecule has 0 atom stereocenters. The minimum atomic E-state index is 0.829. The van der Waals surface area contributed by atoms with Crippen molar-refractivity contribution in [1.29, 1.82) is 0 Å². The van der Waals surface area contributed by atoms with Crippen molar-refractivity contribution in [2.75, 3.05) is 44.3 Å². The molecule has 1 aromatic rings. The van der Waals surface area contributed by atoms with E-state index in [1.165, 1.54) is 11.3 Å². The fraction of sp³-hybridized carbons (Fsp3) is 0.500. The molecule has 0 bridgehead atoms. The van der Waals surface area contributed by atoms with Gasteiger partial charge in [0, 0.05) is 37.4 Å². The second-order valence-electron chi connectivity index (χ2n) is 4.66. The topological polar surface area (TPSA) is 36.9 Å². The number of anilines is 1. The van der Waals surface area contributed by atoms with Crippen LogP contribution in [0.25, 0.3) is 0 Å². The highest BCUT2D eigenvalue weighted by Crippen LogP contribution is 2.17. The summed E-state index contributed by atoms with van der Waals surface area (Å²) in [7, 11) is 0. The average molecular weight is 245 g/mol. The number of ether oxygens (including phenoxy) is 1. The lowest BCUT2D eigenvalue weighted by molar-refractivity contribution is 0.122. The number of hydrogen-bond donors (Lipinski definition) is 1. The SMILES string of the molecule is c1cc(N2CCOCC2)ccc1C1=NCCCN1. The molecule has 0 saturated carbocycles. The summed E-state index contributed by atoms with van der Waals surface area (Å²) in [4.78, 5) is 6.88. The third kappa shape index (κ3) is 2.48. The molecule has 0 aliphatic carbocycles. The van der Waals surface area contributed by atoms with E-state index in [4.69, 9.17) is 4.74 Å². The van der Waals surface area contributed by atoms with Crippen molar-refractivity contribution < 1.29 is 4.74 Å². The summed E-state index contributed by atoms with van der Waals surface area (Å²) < 4.78 is 5.37. The normalized spacial score (nSPS) is 20.2. The molecule has 0 unspecified atom stereocenters. The van der Waals surface area contributed by atoms with E-state index in [2.05, 4.69) is 39.5 Å². The summed E-state index contributed by atoms with van der Waals surface area (Å²) >= 11 is 0. The Morgan fingerprint density at radius 3 is 2.56 bits per heavy atom. The number of nitrogens with one attached hydrogen (secondary N) is 1. The summed E-state index contributed by atoms with van der Waals surface area (Å²) in [5.41, 5.74) is 2.46. The second-order valence-corrected chi connectivity index (χ2v) is 4.66. The smallest absolute Gasteiger partial charge is 0.128 e. The highest BCUT2D eigenvalue weighted by molar-refractivity contribution is 5.99. The van der Waals surface area contributed by atoms with Crippen molar-refractivity contribution in [1.82, 2.24) is 5.32 Å². The van der Waals surface area contributed by atoms with Crippen molar-refractivity contribution in [3.63, 3.8) is 0 Å². The van der Waals surface area contributed by atoms with Gasteiger partial charge < -0.3 is 15.0 Å². The first kappa shape index (κ1) is 11.5. The molecule has 0 spiro atoms. The zero-order valence-electron chi connectivity index (χ0n) is 10.6. The molecule has 18 heavy (non-hydrogen) atoms. The number of hydrogen-bond acceptors (Lipinski definition) is 4. The van der Waals surface area contributed by atoms with Gasteiger partial charge in [0.1, 0.15) is 5.84 Å². The van der Waals surface area contributed by atoms with Crippen molar-refractivity contribution in [2.45, 2.75) is 6.42 Å². The molecule has 4 heteroatoms. The Morgan fingerprint density at radius 1 is 1.11 bits per heavy atom. The molecule has 2 aliphatic heterocycles. The van der Waals surface area contributed by atoms with E-state index in [0.717, 1.165) is 51.6 Å². The minimum Gasteiger partial charge on any atom is -0.378 e. The molecule has 0 amide bonds. The number of morpholine rings is 1. The van der Waals surface area contributed by atoms with E-state index >= 15 is 0 Å². The summed E-state index contributed by atoms with van der Waals surface area (Å²) in [6.07, 6.45) is 1.13. The van der Waals surface area contributed by atoms with Gasteiger partial charge >= 0.3 is 0 Å². The first-order valence-electron chi connectivity index (χ1n) is 6.65. The van der Waals surface area contributed by atoms with Gasteiger partial charge in [0.2, 0.25) is 0 Å². The van der Waals surface area contributed by atoms with Crippen molar-refractivity contribution in [3.8, 4) is 0 Å². The average Bonchev–Trinajstić information content (AvgIpc) is 2.49. The predicted molar refractivity (Wildman–Crippen MR) is 73.5 cm³/mol. The van der Waals surface area contributed by atoms with Crippen LogP contribution in [0, 0.1) is 0 Å². The van der Waals surface area contributed by atoms with E-state index in [1.54, 1.807) is 0 Å². The van der Waals surface area contributed by atoms with Gasteiger partial charge in [-0.3, -0.25) is 4.99 Å². The third-order valence-electron chi connectivity index (χ3n) is 3.41. The van der Waals surface area contributed by atoms with Crippen molar-refractivity contribution in [3.05, 3.63) is 29.8 Å². The van der Waals surface area contributed by atoms with Gasteiger partial charge in [-0.15, -0.1) is 0 Å². The molecule has 2 aliphatic rings. The van der Waals surface area contributed by atoms with Crippen LogP contribution in [-0.2, 0) is 4.74 Å². The number of rotatable bonds is 2. The summed E-state index contributed by atoms with van der Waals surface area (Å²) in [5.74, 6) is 1.04. The monoisotopic (exact) mass is 245 g/mol. The molecular weight excluding hydrogens is 226 g/mol. The number of benzene rings is 1. The maximum Gasteiger partial charge on any atom is 0.128 e.